The minimum absolute atomic E-state index is 0. The van der Waals surface area contributed by atoms with E-state index in [1.54, 1.807) is 12.4 Å². The van der Waals surface area contributed by atoms with Crippen LogP contribution in [0.25, 0.3) is 10.8 Å². The molecule has 0 bridgehead atoms. The van der Waals surface area contributed by atoms with Crippen LogP contribution in [0.1, 0.15) is 36.0 Å². The van der Waals surface area contributed by atoms with Gasteiger partial charge in [-0.3, -0.25) is 9.78 Å². The van der Waals surface area contributed by atoms with Crippen molar-refractivity contribution < 1.29 is 9.18 Å². The Morgan fingerprint density at radius 1 is 1.13 bits per heavy atom. The first-order chi connectivity index (χ1) is 14.0. The third-order valence-electron chi connectivity index (χ3n) is 5.30. The predicted octanol–water partition coefficient (Wildman–Crippen LogP) is 3.72. The third kappa shape index (κ3) is 4.44. The van der Waals surface area contributed by atoms with E-state index >= 15 is 0 Å². The summed E-state index contributed by atoms with van der Waals surface area (Å²) in [6.45, 7) is 0. The zero-order chi connectivity index (χ0) is 20.4. The van der Waals surface area contributed by atoms with Crippen molar-refractivity contribution in [2.45, 2.75) is 37.8 Å². The van der Waals surface area contributed by atoms with Crippen LogP contribution in [-0.4, -0.2) is 28.0 Å². The number of hydrogen-bond acceptors (Lipinski definition) is 6. The summed E-state index contributed by atoms with van der Waals surface area (Å²) < 4.78 is 14.7. The molecule has 1 aromatic carbocycles. The number of carbonyl (C=O) groups is 1. The van der Waals surface area contributed by atoms with Crippen LogP contribution >= 0.6 is 12.4 Å². The number of nitrogens with one attached hydrogen (secondary N) is 2. The van der Waals surface area contributed by atoms with Gasteiger partial charge in [0.2, 0.25) is 0 Å². The average molecular weight is 431 g/mol. The van der Waals surface area contributed by atoms with Gasteiger partial charge in [0.1, 0.15) is 5.82 Å². The summed E-state index contributed by atoms with van der Waals surface area (Å²) in [5, 5.41) is 8.03. The second-order valence-corrected chi connectivity index (χ2v) is 7.31. The smallest absolute Gasteiger partial charge is 0.252 e. The molecule has 0 saturated heterocycles. The highest BCUT2D eigenvalue weighted by molar-refractivity contribution is 6.01. The molecule has 0 aliphatic heterocycles. The first-order valence-corrected chi connectivity index (χ1v) is 9.65. The van der Waals surface area contributed by atoms with Crippen LogP contribution in [0.5, 0.6) is 0 Å². The molecule has 30 heavy (non-hydrogen) atoms. The van der Waals surface area contributed by atoms with E-state index in [0.29, 0.717) is 5.69 Å². The topological polar surface area (TPSA) is 119 Å². The van der Waals surface area contributed by atoms with Crippen molar-refractivity contribution >= 4 is 46.4 Å². The molecule has 0 radical (unpaired) electrons. The summed E-state index contributed by atoms with van der Waals surface area (Å²) in [4.78, 5) is 20.5. The van der Waals surface area contributed by atoms with Crippen molar-refractivity contribution in [2.75, 3.05) is 10.6 Å². The Labute approximate surface area is 179 Å². The molecule has 2 atom stereocenters. The first kappa shape index (κ1) is 21.7. The van der Waals surface area contributed by atoms with Crippen molar-refractivity contribution in [3.8, 4) is 0 Å². The van der Waals surface area contributed by atoms with Crippen molar-refractivity contribution in [1.29, 1.82) is 0 Å². The number of halogens is 2. The highest BCUT2D eigenvalue weighted by Crippen LogP contribution is 2.29. The number of rotatable bonds is 5. The van der Waals surface area contributed by atoms with E-state index in [4.69, 9.17) is 11.5 Å². The van der Waals surface area contributed by atoms with Gasteiger partial charge in [-0.2, -0.15) is 0 Å². The molecule has 9 heteroatoms. The Hall–Kier alpha value is -2.97. The predicted molar refractivity (Wildman–Crippen MR) is 119 cm³/mol. The summed E-state index contributed by atoms with van der Waals surface area (Å²) in [7, 11) is 0. The van der Waals surface area contributed by atoms with E-state index in [2.05, 4.69) is 20.6 Å². The largest absolute Gasteiger partial charge is 0.365 e. The second kappa shape index (κ2) is 9.23. The highest BCUT2D eigenvalue weighted by atomic mass is 35.5. The van der Waals surface area contributed by atoms with Crippen molar-refractivity contribution in [1.82, 2.24) is 9.97 Å². The fourth-order valence-corrected chi connectivity index (χ4v) is 3.73. The van der Waals surface area contributed by atoms with E-state index in [1.807, 2.05) is 24.3 Å². The molecular formula is C21H24ClFN6O. The molecule has 0 spiro atoms. The molecule has 3 aromatic rings. The van der Waals surface area contributed by atoms with E-state index in [9.17, 15) is 9.18 Å². The lowest BCUT2D eigenvalue weighted by Crippen LogP contribution is -2.43. The minimum atomic E-state index is -0.770. The number of aromatic nitrogens is 2. The van der Waals surface area contributed by atoms with Crippen LogP contribution in [0.4, 0.5) is 21.7 Å². The molecule has 7 nitrogen and oxygen atoms in total. The van der Waals surface area contributed by atoms with Crippen LogP contribution in [0, 0.1) is 5.82 Å². The molecule has 4 rings (SSSR count). The zero-order valence-corrected chi connectivity index (χ0v) is 17.1. The number of nitrogens with zero attached hydrogens (tertiary/aromatic N) is 2. The molecular weight excluding hydrogens is 407 g/mol. The Morgan fingerprint density at radius 2 is 1.90 bits per heavy atom. The first-order valence-electron chi connectivity index (χ1n) is 9.65. The Balaban J connectivity index is 0.00000256. The average Bonchev–Trinajstić information content (AvgIpc) is 2.72. The molecule has 6 N–H and O–H groups in total. The van der Waals surface area contributed by atoms with E-state index in [1.165, 1.54) is 0 Å². The van der Waals surface area contributed by atoms with Crippen molar-refractivity contribution in [3.05, 3.63) is 54.1 Å². The number of pyridine rings is 2. The van der Waals surface area contributed by atoms with Crippen LogP contribution in [0.3, 0.4) is 0 Å². The fourth-order valence-electron chi connectivity index (χ4n) is 3.73. The molecule has 1 amide bonds. The lowest BCUT2D eigenvalue weighted by Gasteiger charge is -2.30. The second-order valence-electron chi connectivity index (χ2n) is 7.31. The van der Waals surface area contributed by atoms with E-state index in [-0.39, 0.29) is 41.7 Å². The maximum absolute atomic E-state index is 14.7. The van der Waals surface area contributed by atoms with Crippen molar-refractivity contribution in [2.24, 2.45) is 11.5 Å². The number of nitrogens with two attached hydrogens (primary N) is 2. The number of benzene rings is 1. The van der Waals surface area contributed by atoms with Gasteiger partial charge in [-0.25, -0.2) is 9.37 Å². The van der Waals surface area contributed by atoms with Gasteiger partial charge >= 0.3 is 0 Å². The Morgan fingerprint density at radius 3 is 2.67 bits per heavy atom. The zero-order valence-electron chi connectivity index (χ0n) is 16.3. The van der Waals surface area contributed by atoms with Gasteiger partial charge in [-0.05, 0) is 18.9 Å². The van der Waals surface area contributed by atoms with Gasteiger partial charge in [0.25, 0.3) is 5.91 Å². The normalized spacial score (nSPS) is 18.5. The Kier molecular flexibility index (Phi) is 6.69. The van der Waals surface area contributed by atoms with Gasteiger partial charge in [-0.15, -0.1) is 12.4 Å². The van der Waals surface area contributed by atoms with Crippen LogP contribution in [0.15, 0.2) is 42.7 Å². The number of fused-ring (bicyclic) bond motifs is 1. The Bertz CT molecular complexity index is 1060. The molecule has 1 fully saturated rings. The third-order valence-corrected chi connectivity index (χ3v) is 5.30. The van der Waals surface area contributed by atoms with Gasteiger partial charge in [0.15, 0.2) is 11.6 Å². The molecule has 1 aliphatic carbocycles. The monoisotopic (exact) mass is 430 g/mol. The van der Waals surface area contributed by atoms with Gasteiger partial charge in [0.05, 0.1) is 17.4 Å². The quantitative estimate of drug-likeness (QED) is 0.490. The standard InChI is InChI=1S/C21H23FN6O.ClH/c22-15-9-14(19(24)29)20(28-21(15)26-17-8-4-3-7-16(17)23)27-18-11-25-10-12-5-1-2-6-13(12)18;/h1-2,5-6,9-11,16-17H,3-4,7-8,23H2,(H2,24,29)(H2,26,27,28);1H. The van der Waals surface area contributed by atoms with Crippen LogP contribution in [-0.2, 0) is 0 Å². The molecule has 1 saturated carbocycles. The maximum atomic E-state index is 14.7. The lowest BCUT2D eigenvalue weighted by molar-refractivity contribution is 0.100. The SMILES string of the molecule is Cl.NC(=O)c1cc(F)c(NC2CCCCC2N)nc1Nc1cncc2ccccc12. The molecule has 2 aromatic heterocycles. The van der Waals surface area contributed by atoms with Crippen molar-refractivity contribution in [3.63, 3.8) is 0 Å². The number of amides is 1. The summed E-state index contributed by atoms with van der Waals surface area (Å²) >= 11 is 0. The van der Waals surface area contributed by atoms with Crippen LogP contribution < -0.4 is 22.1 Å². The van der Waals surface area contributed by atoms with E-state index < -0.39 is 11.7 Å². The van der Waals surface area contributed by atoms with Crippen LogP contribution in [0.2, 0.25) is 0 Å². The van der Waals surface area contributed by atoms with Gasteiger partial charge in [0, 0.05) is 29.1 Å². The fraction of sp³-hybridized carbons (Fsp3) is 0.286. The van der Waals surface area contributed by atoms with Gasteiger partial charge in [-0.1, -0.05) is 37.1 Å². The number of primary amides is 1. The highest BCUT2D eigenvalue weighted by Gasteiger charge is 2.24. The minimum Gasteiger partial charge on any atom is -0.365 e. The molecule has 158 valence electrons. The number of carbonyl (C=O) groups excluding carboxylic acids is 1. The molecule has 1 aliphatic rings. The summed E-state index contributed by atoms with van der Waals surface area (Å²) in [5.41, 5.74) is 12.2. The molecule has 2 unspecified atom stereocenters. The summed E-state index contributed by atoms with van der Waals surface area (Å²) in [5.74, 6) is -1.19. The van der Waals surface area contributed by atoms with E-state index in [0.717, 1.165) is 42.5 Å². The maximum Gasteiger partial charge on any atom is 0.252 e. The summed E-state index contributed by atoms with van der Waals surface area (Å²) in [6, 6.07) is 8.63. The van der Waals surface area contributed by atoms with Gasteiger partial charge < -0.3 is 22.1 Å². The summed E-state index contributed by atoms with van der Waals surface area (Å²) in [6.07, 6.45) is 7.19. The number of anilines is 3. The molecule has 2 heterocycles. The lowest BCUT2D eigenvalue weighted by atomic mass is 9.91. The number of hydrogen-bond donors (Lipinski definition) is 4.